The molecular formula is C28H28N4O. The molecule has 0 radical (unpaired) electrons. The molecule has 5 heteroatoms. The van der Waals surface area contributed by atoms with Crippen LogP contribution < -0.4 is 5.32 Å². The van der Waals surface area contributed by atoms with E-state index in [2.05, 4.69) is 82.2 Å². The van der Waals surface area contributed by atoms with E-state index in [1.165, 1.54) is 40.8 Å². The van der Waals surface area contributed by atoms with Gasteiger partial charge in [-0.2, -0.15) is 5.10 Å². The van der Waals surface area contributed by atoms with E-state index in [1.807, 2.05) is 0 Å². The van der Waals surface area contributed by atoms with Gasteiger partial charge in [0, 0.05) is 29.2 Å². The third-order valence-electron chi connectivity index (χ3n) is 7.22. The van der Waals surface area contributed by atoms with Gasteiger partial charge >= 0.3 is 0 Å². The van der Waals surface area contributed by atoms with Crippen molar-refractivity contribution in [1.82, 2.24) is 15.2 Å². The largest absolute Gasteiger partial charge is 0.395 e. The molecule has 2 aliphatic rings. The smallest absolute Gasteiger partial charge is 0.151 e. The third-order valence-corrected chi connectivity index (χ3v) is 7.22. The topological polar surface area (TPSA) is 73.8 Å². The van der Waals surface area contributed by atoms with Crippen molar-refractivity contribution in [3.63, 3.8) is 0 Å². The molecule has 2 aromatic heterocycles. The number of H-pyrrole nitrogens is 1. The van der Waals surface area contributed by atoms with Crippen LogP contribution >= 0.6 is 0 Å². The SMILES string of the molecule is OCCNc1n[nH]c2c1CCc1nc(C3CCC3c3ccccc3)c(-c3ccccc3)cc1-2. The van der Waals surface area contributed by atoms with Crippen molar-refractivity contribution >= 4 is 5.82 Å². The molecule has 2 aromatic carbocycles. The molecule has 2 heterocycles. The summed E-state index contributed by atoms with van der Waals surface area (Å²) >= 11 is 0. The van der Waals surface area contributed by atoms with Gasteiger partial charge in [0.25, 0.3) is 0 Å². The zero-order chi connectivity index (χ0) is 22.2. The molecule has 2 aliphatic carbocycles. The Kier molecular flexibility index (Phi) is 5.19. The zero-order valence-electron chi connectivity index (χ0n) is 18.6. The molecule has 0 bridgehead atoms. The van der Waals surface area contributed by atoms with Gasteiger partial charge in [-0.1, -0.05) is 60.7 Å². The molecule has 1 saturated carbocycles. The lowest BCUT2D eigenvalue weighted by atomic mass is 9.67. The Morgan fingerprint density at radius 3 is 2.39 bits per heavy atom. The van der Waals surface area contributed by atoms with E-state index in [0.29, 0.717) is 18.4 Å². The molecule has 5 nitrogen and oxygen atoms in total. The first-order chi connectivity index (χ1) is 16.3. The van der Waals surface area contributed by atoms with Crippen molar-refractivity contribution in [2.45, 2.75) is 37.5 Å². The molecule has 0 amide bonds. The minimum Gasteiger partial charge on any atom is -0.395 e. The van der Waals surface area contributed by atoms with Gasteiger partial charge < -0.3 is 10.4 Å². The average Bonchev–Trinajstić information content (AvgIpc) is 3.26. The van der Waals surface area contributed by atoms with E-state index < -0.39 is 0 Å². The summed E-state index contributed by atoms with van der Waals surface area (Å²) in [5.41, 5.74) is 9.66. The van der Waals surface area contributed by atoms with E-state index >= 15 is 0 Å². The minimum atomic E-state index is 0.0886. The number of aryl methyl sites for hydroxylation is 1. The lowest BCUT2D eigenvalue weighted by Crippen LogP contribution is -2.24. The fourth-order valence-corrected chi connectivity index (χ4v) is 5.43. The summed E-state index contributed by atoms with van der Waals surface area (Å²) in [4.78, 5) is 5.35. The van der Waals surface area contributed by atoms with Crippen LogP contribution in [0, 0.1) is 0 Å². The van der Waals surface area contributed by atoms with E-state index in [0.717, 1.165) is 35.6 Å². The van der Waals surface area contributed by atoms with Gasteiger partial charge in [0.2, 0.25) is 0 Å². The standard InChI is InChI=1S/C28H28N4O/c33-16-15-29-28-22-13-14-25-24(27(22)31-32-28)17-23(19-9-5-2-6-10-19)26(30-25)21-12-11-20(21)18-7-3-1-4-8-18/h1-10,17,20-21,33H,11-16H2,(H2,29,31,32). The summed E-state index contributed by atoms with van der Waals surface area (Å²) in [6.45, 7) is 0.588. The van der Waals surface area contributed by atoms with Crippen LogP contribution in [0.5, 0.6) is 0 Å². The number of anilines is 1. The number of aliphatic hydroxyl groups is 1. The zero-order valence-corrected chi connectivity index (χ0v) is 18.6. The summed E-state index contributed by atoms with van der Waals surface area (Å²) in [5.74, 6) is 1.82. The Hall–Kier alpha value is -3.44. The first-order valence-corrected chi connectivity index (χ1v) is 11.9. The lowest BCUT2D eigenvalue weighted by Gasteiger charge is -2.38. The summed E-state index contributed by atoms with van der Waals surface area (Å²) in [6, 6.07) is 23.9. The maximum Gasteiger partial charge on any atom is 0.151 e. The summed E-state index contributed by atoms with van der Waals surface area (Å²) < 4.78 is 0. The quantitative estimate of drug-likeness (QED) is 0.383. The highest BCUT2D eigenvalue weighted by molar-refractivity contribution is 5.79. The molecular weight excluding hydrogens is 408 g/mol. The van der Waals surface area contributed by atoms with Crippen LogP contribution in [0.25, 0.3) is 22.4 Å². The Labute approximate surface area is 193 Å². The second-order valence-corrected chi connectivity index (χ2v) is 9.06. The average molecular weight is 437 g/mol. The van der Waals surface area contributed by atoms with Gasteiger partial charge in [-0.3, -0.25) is 10.1 Å². The first kappa shape index (κ1) is 20.2. The minimum absolute atomic E-state index is 0.0886. The van der Waals surface area contributed by atoms with E-state index in [-0.39, 0.29) is 6.61 Å². The summed E-state index contributed by atoms with van der Waals surface area (Å²) in [7, 11) is 0. The fourth-order valence-electron chi connectivity index (χ4n) is 5.43. The van der Waals surface area contributed by atoms with Crippen molar-refractivity contribution < 1.29 is 5.11 Å². The van der Waals surface area contributed by atoms with Crippen LogP contribution in [0.1, 0.15) is 47.2 Å². The number of nitrogens with one attached hydrogen (secondary N) is 2. The predicted molar refractivity (Wildman–Crippen MR) is 131 cm³/mol. The number of rotatable bonds is 6. The van der Waals surface area contributed by atoms with Crippen LogP contribution in [0.4, 0.5) is 5.82 Å². The van der Waals surface area contributed by atoms with Gasteiger partial charge in [-0.15, -0.1) is 0 Å². The Balaban J connectivity index is 1.46. The highest BCUT2D eigenvalue weighted by atomic mass is 16.3. The molecule has 0 saturated heterocycles. The molecule has 1 fully saturated rings. The van der Waals surface area contributed by atoms with Crippen molar-refractivity contribution in [3.8, 4) is 22.4 Å². The van der Waals surface area contributed by atoms with Gasteiger partial charge in [0.1, 0.15) is 0 Å². The van der Waals surface area contributed by atoms with Gasteiger partial charge in [0.05, 0.1) is 23.7 Å². The Bertz CT molecular complexity index is 1270. The molecule has 4 aromatic rings. The number of pyridine rings is 1. The molecule has 2 atom stereocenters. The predicted octanol–water partition coefficient (Wildman–Crippen LogP) is 5.30. The first-order valence-electron chi connectivity index (χ1n) is 11.9. The van der Waals surface area contributed by atoms with E-state index in [4.69, 9.17) is 4.98 Å². The van der Waals surface area contributed by atoms with Crippen LogP contribution in [-0.2, 0) is 12.8 Å². The van der Waals surface area contributed by atoms with Crippen molar-refractivity contribution in [2.24, 2.45) is 0 Å². The molecule has 0 aliphatic heterocycles. The molecule has 0 spiro atoms. The van der Waals surface area contributed by atoms with Crippen molar-refractivity contribution in [2.75, 3.05) is 18.5 Å². The molecule has 33 heavy (non-hydrogen) atoms. The van der Waals surface area contributed by atoms with Crippen molar-refractivity contribution in [3.05, 3.63) is 89.2 Å². The second-order valence-electron chi connectivity index (χ2n) is 9.06. The monoisotopic (exact) mass is 436 g/mol. The summed E-state index contributed by atoms with van der Waals surface area (Å²) in [6.07, 6.45) is 4.19. The molecule has 2 unspecified atom stereocenters. The molecule has 166 valence electrons. The van der Waals surface area contributed by atoms with Gasteiger partial charge in [0.15, 0.2) is 5.82 Å². The Morgan fingerprint density at radius 1 is 0.909 bits per heavy atom. The maximum atomic E-state index is 9.19. The molecule has 6 rings (SSSR count). The number of aliphatic hydroxyl groups excluding tert-OH is 1. The number of benzene rings is 2. The van der Waals surface area contributed by atoms with Gasteiger partial charge in [-0.25, -0.2) is 0 Å². The number of aromatic nitrogens is 3. The van der Waals surface area contributed by atoms with Crippen LogP contribution in [0.2, 0.25) is 0 Å². The molecule has 3 N–H and O–H groups in total. The lowest BCUT2D eigenvalue weighted by molar-refractivity contribution is 0.311. The Morgan fingerprint density at radius 2 is 1.67 bits per heavy atom. The fraction of sp³-hybridized carbons (Fsp3) is 0.286. The normalized spacial score (nSPS) is 18.8. The third kappa shape index (κ3) is 3.53. The van der Waals surface area contributed by atoms with E-state index in [9.17, 15) is 5.11 Å². The van der Waals surface area contributed by atoms with Crippen LogP contribution in [0.15, 0.2) is 66.7 Å². The van der Waals surface area contributed by atoms with Crippen LogP contribution in [0.3, 0.4) is 0 Å². The highest BCUT2D eigenvalue weighted by Crippen LogP contribution is 2.51. The number of hydrogen-bond donors (Lipinski definition) is 3. The van der Waals surface area contributed by atoms with Crippen LogP contribution in [-0.4, -0.2) is 33.4 Å². The van der Waals surface area contributed by atoms with E-state index in [1.54, 1.807) is 0 Å². The number of fused-ring (bicyclic) bond motifs is 3. The highest BCUT2D eigenvalue weighted by Gasteiger charge is 2.37. The maximum absolute atomic E-state index is 9.19. The second kappa shape index (κ2) is 8.49. The van der Waals surface area contributed by atoms with Gasteiger partial charge in [-0.05, 0) is 48.8 Å². The number of aromatic amines is 1. The number of nitrogens with zero attached hydrogens (tertiary/aromatic N) is 2. The number of hydrogen-bond acceptors (Lipinski definition) is 4. The summed E-state index contributed by atoms with van der Waals surface area (Å²) in [5, 5.41) is 20.2. The van der Waals surface area contributed by atoms with Crippen molar-refractivity contribution in [1.29, 1.82) is 0 Å².